The van der Waals surface area contributed by atoms with Crippen molar-refractivity contribution in [1.82, 2.24) is 4.98 Å². The van der Waals surface area contributed by atoms with Gasteiger partial charge in [0, 0.05) is 6.20 Å². The first-order chi connectivity index (χ1) is 7.31. The molecule has 1 aliphatic rings. The Balaban J connectivity index is 2.37. The fourth-order valence-corrected chi connectivity index (χ4v) is 1.71. The zero-order chi connectivity index (χ0) is 10.7. The highest BCUT2D eigenvalue weighted by molar-refractivity contribution is 6.29. The summed E-state index contributed by atoms with van der Waals surface area (Å²) in [6.07, 6.45) is 8.41. The Morgan fingerprint density at radius 3 is 3.00 bits per heavy atom. The van der Waals surface area contributed by atoms with Gasteiger partial charge >= 0.3 is 0 Å². The number of hydrogen-bond donors (Lipinski definition) is 0. The van der Waals surface area contributed by atoms with Crippen molar-refractivity contribution in [1.29, 1.82) is 5.26 Å². The molecular formula is C12H9ClN2. The van der Waals surface area contributed by atoms with E-state index in [-0.39, 0.29) is 5.92 Å². The van der Waals surface area contributed by atoms with Gasteiger partial charge in [-0.05, 0) is 23.6 Å². The highest BCUT2D eigenvalue weighted by atomic mass is 35.5. The van der Waals surface area contributed by atoms with E-state index >= 15 is 0 Å². The smallest absolute Gasteiger partial charge is 0.129 e. The fourth-order valence-electron chi connectivity index (χ4n) is 1.60. The molecule has 0 saturated carbocycles. The van der Waals surface area contributed by atoms with Crippen LogP contribution in [0, 0.1) is 17.2 Å². The van der Waals surface area contributed by atoms with Crippen molar-refractivity contribution >= 4 is 17.2 Å². The van der Waals surface area contributed by atoms with E-state index in [1.807, 2.05) is 24.3 Å². The van der Waals surface area contributed by atoms with Crippen LogP contribution in [0.25, 0.3) is 5.57 Å². The minimum Gasteiger partial charge on any atom is -0.244 e. The summed E-state index contributed by atoms with van der Waals surface area (Å²) in [5.41, 5.74) is 1.99. The van der Waals surface area contributed by atoms with Crippen LogP contribution in [-0.2, 0) is 0 Å². The number of aromatic nitrogens is 1. The van der Waals surface area contributed by atoms with Crippen LogP contribution in [0.2, 0.25) is 5.15 Å². The third-order valence-corrected chi connectivity index (χ3v) is 2.60. The topological polar surface area (TPSA) is 36.7 Å². The standard InChI is InChI=1S/C12H9ClN2/c13-12-6-5-10(8-15-12)11-4-2-1-3-9(11)7-14/h1-2,4-6,8-9H,3H2. The lowest BCUT2D eigenvalue weighted by Gasteiger charge is -2.14. The summed E-state index contributed by atoms with van der Waals surface area (Å²) >= 11 is 5.71. The van der Waals surface area contributed by atoms with Crippen LogP contribution in [0.5, 0.6) is 0 Å². The Labute approximate surface area is 93.5 Å². The van der Waals surface area contributed by atoms with Crippen LogP contribution in [0.3, 0.4) is 0 Å². The van der Waals surface area contributed by atoms with Crippen molar-refractivity contribution in [2.75, 3.05) is 0 Å². The quantitative estimate of drug-likeness (QED) is 0.676. The Hall–Kier alpha value is -1.59. The van der Waals surface area contributed by atoms with Crippen molar-refractivity contribution in [3.05, 3.63) is 47.3 Å². The molecule has 0 saturated heterocycles. The summed E-state index contributed by atoms with van der Waals surface area (Å²) in [7, 11) is 0. The molecule has 0 bridgehead atoms. The lowest BCUT2D eigenvalue weighted by Crippen LogP contribution is -2.02. The number of nitriles is 1. The second-order valence-electron chi connectivity index (χ2n) is 3.34. The van der Waals surface area contributed by atoms with Gasteiger partial charge in [-0.15, -0.1) is 0 Å². The third kappa shape index (κ3) is 2.08. The molecule has 0 radical (unpaired) electrons. The highest BCUT2D eigenvalue weighted by Crippen LogP contribution is 2.28. The summed E-state index contributed by atoms with van der Waals surface area (Å²) in [6.45, 7) is 0. The lowest BCUT2D eigenvalue weighted by atomic mass is 9.88. The largest absolute Gasteiger partial charge is 0.244 e. The molecule has 0 fully saturated rings. The number of rotatable bonds is 1. The molecule has 15 heavy (non-hydrogen) atoms. The third-order valence-electron chi connectivity index (χ3n) is 2.38. The number of hydrogen-bond acceptors (Lipinski definition) is 2. The number of pyridine rings is 1. The molecule has 0 aliphatic heterocycles. The summed E-state index contributed by atoms with van der Waals surface area (Å²) in [4.78, 5) is 4.01. The zero-order valence-electron chi connectivity index (χ0n) is 8.02. The SMILES string of the molecule is N#CC1CC=CC=C1c1ccc(Cl)nc1. The van der Waals surface area contributed by atoms with Crippen molar-refractivity contribution in [2.45, 2.75) is 6.42 Å². The summed E-state index contributed by atoms with van der Waals surface area (Å²) in [5.74, 6) is -0.0713. The second-order valence-corrected chi connectivity index (χ2v) is 3.72. The maximum atomic E-state index is 9.01. The minimum atomic E-state index is -0.0713. The first kappa shape index (κ1) is 9.95. The molecule has 1 heterocycles. The van der Waals surface area contributed by atoms with E-state index in [1.165, 1.54) is 0 Å². The molecule has 2 nitrogen and oxygen atoms in total. The first-order valence-corrected chi connectivity index (χ1v) is 5.07. The molecule has 1 aromatic heterocycles. The normalized spacial score (nSPS) is 19.5. The maximum Gasteiger partial charge on any atom is 0.129 e. The monoisotopic (exact) mass is 216 g/mol. The van der Waals surface area contributed by atoms with Crippen LogP contribution in [-0.4, -0.2) is 4.98 Å². The van der Waals surface area contributed by atoms with Gasteiger partial charge in [0.25, 0.3) is 0 Å². The number of nitrogens with zero attached hydrogens (tertiary/aromatic N) is 2. The molecule has 3 heteroatoms. The summed E-state index contributed by atoms with van der Waals surface area (Å²) in [5, 5.41) is 9.48. The molecule has 0 N–H and O–H groups in total. The van der Waals surface area contributed by atoms with Crippen molar-refractivity contribution in [3.8, 4) is 6.07 Å². The average Bonchev–Trinajstić information content (AvgIpc) is 2.30. The van der Waals surface area contributed by atoms with Gasteiger partial charge in [0.05, 0.1) is 12.0 Å². The first-order valence-electron chi connectivity index (χ1n) is 4.69. The van der Waals surface area contributed by atoms with Crippen LogP contribution in [0.4, 0.5) is 0 Å². The van der Waals surface area contributed by atoms with Crippen molar-refractivity contribution < 1.29 is 0 Å². The molecule has 2 rings (SSSR count). The van der Waals surface area contributed by atoms with Gasteiger partial charge in [0.1, 0.15) is 5.15 Å². The predicted octanol–water partition coefficient (Wildman–Crippen LogP) is 3.22. The van der Waals surface area contributed by atoms with E-state index < -0.39 is 0 Å². The van der Waals surface area contributed by atoms with Crippen molar-refractivity contribution in [3.63, 3.8) is 0 Å². The van der Waals surface area contributed by atoms with E-state index in [2.05, 4.69) is 11.1 Å². The van der Waals surface area contributed by atoms with E-state index in [9.17, 15) is 0 Å². The fraction of sp³-hybridized carbons (Fsp3) is 0.167. The molecule has 0 spiro atoms. The van der Waals surface area contributed by atoms with Gasteiger partial charge in [-0.1, -0.05) is 35.9 Å². The molecule has 1 aliphatic carbocycles. The zero-order valence-corrected chi connectivity index (χ0v) is 8.78. The van der Waals surface area contributed by atoms with E-state index in [0.717, 1.165) is 17.6 Å². The van der Waals surface area contributed by atoms with Crippen LogP contribution in [0.15, 0.2) is 36.6 Å². The van der Waals surface area contributed by atoms with Gasteiger partial charge in [-0.25, -0.2) is 4.98 Å². The van der Waals surface area contributed by atoms with E-state index in [4.69, 9.17) is 16.9 Å². The summed E-state index contributed by atoms with van der Waals surface area (Å²) in [6, 6.07) is 5.92. The van der Waals surface area contributed by atoms with Gasteiger partial charge in [0.15, 0.2) is 0 Å². The van der Waals surface area contributed by atoms with Gasteiger partial charge in [0.2, 0.25) is 0 Å². The van der Waals surface area contributed by atoms with E-state index in [0.29, 0.717) is 5.15 Å². The lowest BCUT2D eigenvalue weighted by molar-refractivity contribution is 0.858. The van der Waals surface area contributed by atoms with Crippen LogP contribution in [0.1, 0.15) is 12.0 Å². The minimum absolute atomic E-state index is 0.0713. The van der Waals surface area contributed by atoms with Crippen LogP contribution >= 0.6 is 11.6 Å². The predicted molar refractivity (Wildman–Crippen MR) is 60.1 cm³/mol. The van der Waals surface area contributed by atoms with E-state index in [1.54, 1.807) is 12.3 Å². The molecule has 0 aromatic carbocycles. The number of halogens is 1. The Bertz CT molecular complexity index is 452. The maximum absolute atomic E-state index is 9.01. The number of allylic oxidation sites excluding steroid dienone is 4. The Morgan fingerprint density at radius 1 is 1.47 bits per heavy atom. The molecule has 0 amide bonds. The van der Waals surface area contributed by atoms with Gasteiger partial charge in [-0.3, -0.25) is 0 Å². The molecule has 1 unspecified atom stereocenters. The molecule has 74 valence electrons. The highest BCUT2D eigenvalue weighted by Gasteiger charge is 2.16. The molecular weight excluding hydrogens is 208 g/mol. The average molecular weight is 217 g/mol. The summed E-state index contributed by atoms with van der Waals surface area (Å²) < 4.78 is 0. The molecule has 1 aromatic rings. The second kappa shape index (κ2) is 4.29. The van der Waals surface area contributed by atoms with Gasteiger partial charge in [-0.2, -0.15) is 5.26 Å². The van der Waals surface area contributed by atoms with Crippen molar-refractivity contribution in [2.24, 2.45) is 5.92 Å². The Morgan fingerprint density at radius 2 is 2.33 bits per heavy atom. The Kier molecular flexibility index (Phi) is 2.84. The van der Waals surface area contributed by atoms with Crippen LogP contribution < -0.4 is 0 Å². The molecule has 1 atom stereocenters. The van der Waals surface area contributed by atoms with Gasteiger partial charge < -0.3 is 0 Å².